The molecule has 66 valence electrons. The molecule has 0 atom stereocenters. The van der Waals surface area contributed by atoms with Crippen LogP contribution in [0.3, 0.4) is 0 Å². The molecule has 0 bridgehead atoms. The summed E-state index contributed by atoms with van der Waals surface area (Å²) in [4.78, 5) is 0. The van der Waals surface area contributed by atoms with Crippen molar-refractivity contribution in [1.82, 2.24) is 0 Å². The van der Waals surface area contributed by atoms with Crippen molar-refractivity contribution < 1.29 is 9.47 Å². The molecule has 0 aromatic heterocycles. The molecule has 0 aliphatic heterocycles. The number of ether oxygens (including phenoxy) is 2. The fourth-order valence-corrected chi connectivity index (χ4v) is 2.04. The predicted molar refractivity (Wildman–Crippen MR) is 43.6 cm³/mol. The standard InChI is InChI=1S/C8H12N2O2/c1-11-5(9)7-3-8(7,4-7)6(10)12-2/h9-10H,3-4H2,1-2H3. The molecule has 2 N–H and O–H groups in total. The van der Waals surface area contributed by atoms with Crippen LogP contribution in [0.1, 0.15) is 12.8 Å². The predicted octanol–water partition coefficient (Wildman–Crippen LogP) is 1.01. The minimum atomic E-state index is -0.144. The number of methoxy groups -OCH3 is 2. The van der Waals surface area contributed by atoms with Crippen molar-refractivity contribution >= 4 is 11.8 Å². The average Bonchev–Trinajstić information content (AvgIpc) is 2.86. The Labute approximate surface area is 70.9 Å². The van der Waals surface area contributed by atoms with Gasteiger partial charge in [0.15, 0.2) is 11.8 Å². The lowest BCUT2D eigenvalue weighted by Crippen LogP contribution is -2.09. The largest absolute Gasteiger partial charge is 0.484 e. The lowest BCUT2D eigenvalue weighted by atomic mass is 10.2. The van der Waals surface area contributed by atoms with E-state index in [9.17, 15) is 0 Å². The van der Waals surface area contributed by atoms with Gasteiger partial charge in [0.2, 0.25) is 0 Å². The molecule has 2 fully saturated rings. The monoisotopic (exact) mass is 168 g/mol. The Bertz CT molecular complexity index is 240. The quantitative estimate of drug-likeness (QED) is 0.477. The van der Waals surface area contributed by atoms with Gasteiger partial charge in [-0.15, -0.1) is 0 Å². The highest BCUT2D eigenvalue weighted by Crippen LogP contribution is 2.86. The maximum atomic E-state index is 7.51. The van der Waals surface area contributed by atoms with Gasteiger partial charge in [-0.05, 0) is 12.8 Å². The second-order valence-corrected chi connectivity index (χ2v) is 3.58. The molecule has 2 aliphatic carbocycles. The highest BCUT2D eigenvalue weighted by Gasteiger charge is 2.89. The molecule has 2 aliphatic rings. The molecule has 12 heavy (non-hydrogen) atoms. The van der Waals surface area contributed by atoms with Crippen molar-refractivity contribution in [2.75, 3.05) is 14.2 Å². The van der Waals surface area contributed by atoms with Gasteiger partial charge in [0.1, 0.15) is 0 Å². The van der Waals surface area contributed by atoms with E-state index in [1.54, 1.807) is 0 Å². The van der Waals surface area contributed by atoms with Crippen LogP contribution in [0.15, 0.2) is 0 Å². The summed E-state index contributed by atoms with van der Waals surface area (Å²) in [7, 11) is 3.02. The molecule has 2 saturated carbocycles. The van der Waals surface area contributed by atoms with Crippen molar-refractivity contribution in [3.05, 3.63) is 0 Å². The Morgan fingerprint density at radius 2 is 1.33 bits per heavy atom. The van der Waals surface area contributed by atoms with Crippen molar-refractivity contribution in [3.63, 3.8) is 0 Å². The summed E-state index contributed by atoms with van der Waals surface area (Å²) in [5.74, 6) is 0.619. The molecular formula is C8H12N2O2. The Balaban J connectivity index is 2.09. The molecule has 0 unspecified atom stereocenters. The van der Waals surface area contributed by atoms with Crippen LogP contribution in [-0.2, 0) is 9.47 Å². The second kappa shape index (κ2) is 1.81. The van der Waals surface area contributed by atoms with Gasteiger partial charge in [0.05, 0.1) is 25.0 Å². The van der Waals surface area contributed by atoms with Crippen LogP contribution in [-0.4, -0.2) is 26.0 Å². The van der Waals surface area contributed by atoms with Crippen molar-refractivity contribution in [2.45, 2.75) is 12.8 Å². The van der Waals surface area contributed by atoms with E-state index < -0.39 is 0 Å². The molecule has 0 spiro atoms. The highest BCUT2D eigenvalue weighted by molar-refractivity contribution is 6.03. The van der Waals surface area contributed by atoms with E-state index in [0.717, 1.165) is 12.8 Å². The number of hydrogen-bond donors (Lipinski definition) is 2. The van der Waals surface area contributed by atoms with E-state index in [-0.39, 0.29) is 10.8 Å². The Morgan fingerprint density at radius 3 is 1.58 bits per heavy atom. The molecule has 4 nitrogen and oxygen atoms in total. The minimum Gasteiger partial charge on any atom is -0.484 e. The number of rotatable bonds is 2. The summed E-state index contributed by atoms with van der Waals surface area (Å²) in [6.07, 6.45) is 1.72. The van der Waals surface area contributed by atoms with E-state index >= 15 is 0 Å². The van der Waals surface area contributed by atoms with Crippen LogP contribution in [0.4, 0.5) is 0 Å². The maximum absolute atomic E-state index is 7.51. The summed E-state index contributed by atoms with van der Waals surface area (Å²) in [5, 5.41) is 15.0. The first kappa shape index (κ1) is 7.58. The molecule has 0 heterocycles. The molecule has 4 heteroatoms. The van der Waals surface area contributed by atoms with Crippen LogP contribution >= 0.6 is 0 Å². The van der Waals surface area contributed by atoms with Crippen molar-refractivity contribution in [3.8, 4) is 0 Å². The third-order valence-electron chi connectivity index (χ3n) is 3.15. The van der Waals surface area contributed by atoms with Crippen LogP contribution in [0.25, 0.3) is 0 Å². The van der Waals surface area contributed by atoms with Crippen LogP contribution < -0.4 is 0 Å². The normalized spacial score (nSPS) is 41.2. The summed E-state index contributed by atoms with van der Waals surface area (Å²) in [6, 6.07) is 0. The van der Waals surface area contributed by atoms with Crippen LogP contribution in [0.2, 0.25) is 0 Å². The van der Waals surface area contributed by atoms with Crippen LogP contribution in [0, 0.1) is 21.6 Å². The number of fused-ring (bicyclic) bond motifs is 1. The molecule has 0 saturated heterocycles. The third-order valence-corrected chi connectivity index (χ3v) is 3.15. The van der Waals surface area contributed by atoms with Gasteiger partial charge in [-0.2, -0.15) is 0 Å². The lowest BCUT2D eigenvalue weighted by Gasteiger charge is -2.01. The van der Waals surface area contributed by atoms with E-state index in [1.807, 2.05) is 0 Å². The van der Waals surface area contributed by atoms with Gasteiger partial charge in [0, 0.05) is 0 Å². The van der Waals surface area contributed by atoms with Gasteiger partial charge in [-0.1, -0.05) is 0 Å². The van der Waals surface area contributed by atoms with Gasteiger partial charge < -0.3 is 9.47 Å². The van der Waals surface area contributed by atoms with Gasteiger partial charge >= 0.3 is 0 Å². The Kier molecular flexibility index (Phi) is 1.14. The first-order valence-electron chi connectivity index (χ1n) is 3.89. The van der Waals surface area contributed by atoms with Crippen LogP contribution in [0.5, 0.6) is 0 Å². The zero-order chi connectivity index (χ0) is 8.98. The third kappa shape index (κ3) is 0.552. The highest BCUT2D eigenvalue weighted by atomic mass is 16.5. The van der Waals surface area contributed by atoms with Gasteiger partial charge in [0.25, 0.3) is 0 Å². The SMILES string of the molecule is COC(=N)C12CC1(C(=N)OC)C2. The summed E-state index contributed by atoms with van der Waals surface area (Å²) in [6.45, 7) is 0. The van der Waals surface area contributed by atoms with E-state index in [2.05, 4.69) is 0 Å². The van der Waals surface area contributed by atoms with E-state index in [0.29, 0.717) is 11.8 Å². The summed E-state index contributed by atoms with van der Waals surface area (Å²) in [5.41, 5.74) is -0.288. The topological polar surface area (TPSA) is 66.2 Å². The maximum Gasteiger partial charge on any atom is 0.187 e. The van der Waals surface area contributed by atoms with E-state index in [1.165, 1.54) is 14.2 Å². The molecular weight excluding hydrogens is 156 g/mol. The van der Waals surface area contributed by atoms with E-state index in [4.69, 9.17) is 20.3 Å². The first-order valence-corrected chi connectivity index (χ1v) is 3.89. The fourth-order valence-electron chi connectivity index (χ4n) is 2.04. The summed E-state index contributed by atoms with van der Waals surface area (Å²) >= 11 is 0. The lowest BCUT2D eigenvalue weighted by molar-refractivity contribution is 0.367. The van der Waals surface area contributed by atoms with Gasteiger partial charge in [-0.25, -0.2) is 0 Å². The molecule has 0 aromatic carbocycles. The Morgan fingerprint density at radius 1 is 1.00 bits per heavy atom. The van der Waals surface area contributed by atoms with Gasteiger partial charge in [-0.3, -0.25) is 10.8 Å². The minimum absolute atomic E-state index is 0.144. The number of hydrogen-bond acceptors (Lipinski definition) is 4. The second-order valence-electron chi connectivity index (χ2n) is 3.58. The molecule has 0 aromatic rings. The molecule has 0 amide bonds. The fraction of sp³-hybridized carbons (Fsp3) is 0.750. The smallest absolute Gasteiger partial charge is 0.187 e. The Hall–Kier alpha value is -1.06. The molecule has 2 rings (SSSR count). The van der Waals surface area contributed by atoms with Crippen molar-refractivity contribution in [1.29, 1.82) is 10.8 Å². The summed E-state index contributed by atoms with van der Waals surface area (Å²) < 4.78 is 9.74. The number of nitrogens with one attached hydrogen (secondary N) is 2. The zero-order valence-corrected chi connectivity index (χ0v) is 7.23. The van der Waals surface area contributed by atoms with Crippen molar-refractivity contribution in [2.24, 2.45) is 10.8 Å². The average molecular weight is 168 g/mol. The first-order chi connectivity index (χ1) is 5.63. The molecule has 0 radical (unpaired) electrons. The zero-order valence-electron chi connectivity index (χ0n) is 7.23.